The first-order chi connectivity index (χ1) is 22.2. The predicted octanol–water partition coefficient (Wildman–Crippen LogP) is 9.60. The van der Waals surface area contributed by atoms with Crippen molar-refractivity contribution in [1.82, 2.24) is 0 Å². The van der Waals surface area contributed by atoms with Crippen LogP contribution in [-0.2, 0) is 24.0 Å². The SMILES string of the molecule is C=CCCCCCCC1(CCCCCCC=C)c2cc(B3OC(C)(C)C(C)(C)O3)ccc2-c2ccc(B3OC(C)(C)C(C)(C)O3)cc21. The van der Waals surface area contributed by atoms with Gasteiger partial charge in [-0.25, -0.2) is 0 Å². The van der Waals surface area contributed by atoms with E-state index >= 15 is 0 Å². The molecular formula is C41H60B2O4. The van der Waals surface area contributed by atoms with Crippen LogP contribution in [0, 0.1) is 0 Å². The molecule has 1 aliphatic carbocycles. The summed E-state index contributed by atoms with van der Waals surface area (Å²) in [7, 11) is -0.769. The van der Waals surface area contributed by atoms with Crippen LogP contribution in [0.1, 0.15) is 144 Å². The Labute approximate surface area is 287 Å². The van der Waals surface area contributed by atoms with Gasteiger partial charge in [-0.2, -0.15) is 0 Å². The van der Waals surface area contributed by atoms with E-state index in [0.717, 1.165) is 36.6 Å². The van der Waals surface area contributed by atoms with Crippen LogP contribution < -0.4 is 10.9 Å². The Bertz CT molecular complexity index is 1290. The van der Waals surface area contributed by atoms with Crippen LogP contribution >= 0.6 is 0 Å². The highest BCUT2D eigenvalue weighted by Crippen LogP contribution is 2.54. The molecule has 254 valence electrons. The summed E-state index contributed by atoms with van der Waals surface area (Å²) in [5.74, 6) is 0. The van der Waals surface area contributed by atoms with Gasteiger partial charge >= 0.3 is 14.2 Å². The Hall–Kier alpha value is -2.11. The minimum Gasteiger partial charge on any atom is -0.399 e. The average molecular weight is 639 g/mol. The summed E-state index contributed by atoms with van der Waals surface area (Å²) in [6.07, 6.45) is 18.3. The van der Waals surface area contributed by atoms with Gasteiger partial charge in [0.15, 0.2) is 0 Å². The normalized spacial score (nSPS) is 21.1. The Kier molecular flexibility index (Phi) is 10.8. The van der Waals surface area contributed by atoms with Gasteiger partial charge in [0.25, 0.3) is 0 Å². The lowest BCUT2D eigenvalue weighted by molar-refractivity contribution is 0.00578. The van der Waals surface area contributed by atoms with Crippen molar-refractivity contribution in [1.29, 1.82) is 0 Å². The quantitative estimate of drug-likeness (QED) is 0.104. The van der Waals surface area contributed by atoms with E-state index in [-0.39, 0.29) is 42.1 Å². The third-order valence-electron chi connectivity index (χ3n) is 12.0. The zero-order chi connectivity index (χ0) is 34.1. The topological polar surface area (TPSA) is 36.9 Å². The number of benzene rings is 2. The molecule has 0 atom stereocenters. The smallest absolute Gasteiger partial charge is 0.399 e. The van der Waals surface area contributed by atoms with Gasteiger partial charge < -0.3 is 18.6 Å². The molecule has 0 amide bonds. The summed E-state index contributed by atoms with van der Waals surface area (Å²) in [5.41, 5.74) is 6.16. The van der Waals surface area contributed by atoms with E-state index in [1.165, 1.54) is 73.6 Å². The number of allylic oxidation sites excluding steroid dienone is 2. The average Bonchev–Trinajstić information content (AvgIpc) is 3.50. The summed E-state index contributed by atoms with van der Waals surface area (Å²) in [6.45, 7) is 25.0. The van der Waals surface area contributed by atoms with Crippen LogP contribution in [0.3, 0.4) is 0 Å². The minimum atomic E-state index is -0.384. The van der Waals surface area contributed by atoms with E-state index in [1.54, 1.807) is 0 Å². The van der Waals surface area contributed by atoms with Crippen molar-refractivity contribution in [3.8, 4) is 11.1 Å². The van der Waals surface area contributed by atoms with Crippen molar-refractivity contribution in [3.05, 3.63) is 72.8 Å². The van der Waals surface area contributed by atoms with Gasteiger partial charge in [0.1, 0.15) is 0 Å². The predicted molar refractivity (Wildman–Crippen MR) is 200 cm³/mol. The summed E-state index contributed by atoms with van der Waals surface area (Å²) in [5, 5.41) is 0. The van der Waals surface area contributed by atoms with Crippen LogP contribution in [-0.4, -0.2) is 36.6 Å². The van der Waals surface area contributed by atoms with Crippen molar-refractivity contribution < 1.29 is 18.6 Å². The highest BCUT2D eigenvalue weighted by Gasteiger charge is 2.54. The minimum absolute atomic E-state index is 0.0964. The number of rotatable bonds is 16. The zero-order valence-corrected chi connectivity index (χ0v) is 30.8. The van der Waals surface area contributed by atoms with Crippen LogP contribution in [0.5, 0.6) is 0 Å². The lowest BCUT2D eigenvalue weighted by Crippen LogP contribution is -2.41. The maximum Gasteiger partial charge on any atom is 0.494 e. The summed E-state index contributed by atoms with van der Waals surface area (Å²) in [4.78, 5) is 0. The summed E-state index contributed by atoms with van der Waals surface area (Å²) in [6, 6.07) is 14.0. The molecule has 0 bridgehead atoms. The molecule has 0 spiro atoms. The second kappa shape index (κ2) is 14.0. The van der Waals surface area contributed by atoms with E-state index in [2.05, 4.69) is 105 Å². The number of hydrogen-bond acceptors (Lipinski definition) is 4. The number of hydrogen-bond donors (Lipinski definition) is 0. The standard InChI is InChI=1S/C41H60B2O4/c1-11-13-15-17-19-21-27-41(28-22-20-18-16-14-12-2)35-29-31(42-44-37(3,4)38(5,6)45-42)23-25-33(35)34-26-24-32(30-36(34)41)43-46-39(7,8)40(9,10)47-43/h11-12,23-26,29-30H,1-2,13-22,27-28H2,3-10H3. The van der Waals surface area contributed by atoms with Gasteiger partial charge in [0, 0.05) is 5.41 Å². The van der Waals surface area contributed by atoms with Crippen LogP contribution in [0.25, 0.3) is 11.1 Å². The monoisotopic (exact) mass is 638 g/mol. The molecule has 0 radical (unpaired) electrons. The highest BCUT2D eigenvalue weighted by atomic mass is 16.7. The fourth-order valence-electron chi connectivity index (χ4n) is 7.58. The van der Waals surface area contributed by atoms with Crippen molar-refractivity contribution in [3.63, 3.8) is 0 Å². The molecule has 5 rings (SSSR count). The van der Waals surface area contributed by atoms with E-state index in [9.17, 15) is 0 Å². The molecule has 2 fully saturated rings. The van der Waals surface area contributed by atoms with Gasteiger partial charge in [-0.05, 0) is 127 Å². The summed E-state index contributed by atoms with van der Waals surface area (Å²) < 4.78 is 26.3. The molecule has 2 aromatic carbocycles. The molecule has 47 heavy (non-hydrogen) atoms. The molecule has 2 saturated heterocycles. The third kappa shape index (κ3) is 7.14. The molecule has 2 aliphatic heterocycles. The van der Waals surface area contributed by atoms with Crippen molar-refractivity contribution >= 4 is 25.2 Å². The molecule has 0 unspecified atom stereocenters. The summed E-state index contributed by atoms with van der Waals surface area (Å²) >= 11 is 0. The van der Waals surface area contributed by atoms with Crippen molar-refractivity contribution in [2.75, 3.05) is 0 Å². The maximum atomic E-state index is 6.58. The largest absolute Gasteiger partial charge is 0.494 e. The molecule has 2 aromatic rings. The Balaban J connectivity index is 1.56. The molecule has 4 nitrogen and oxygen atoms in total. The molecule has 0 N–H and O–H groups in total. The Morgan fingerprint density at radius 2 is 0.851 bits per heavy atom. The highest BCUT2D eigenvalue weighted by molar-refractivity contribution is 6.62. The lowest BCUT2D eigenvalue weighted by Gasteiger charge is -2.33. The first kappa shape index (κ1) is 36.2. The van der Waals surface area contributed by atoms with Gasteiger partial charge in [0.05, 0.1) is 22.4 Å². The molecule has 0 aromatic heterocycles. The zero-order valence-electron chi connectivity index (χ0n) is 30.8. The van der Waals surface area contributed by atoms with Crippen molar-refractivity contribution in [2.45, 2.75) is 160 Å². The number of unbranched alkanes of at least 4 members (excludes halogenated alkanes) is 8. The van der Waals surface area contributed by atoms with Crippen molar-refractivity contribution in [2.24, 2.45) is 0 Å². The first-order valence-corrected chi connectivity index (χ1v) is 18.4. The maximum absolute atomic E-state index is 6.58. The van der Waals surface area contributed by atoms with E-state index in [4.69, 9.17) is 18.6 Å². The molecular weight excluding hydrogens is 578 g/mol. The molecule has 2 heterocycles. The molecule has 6 heteroatoms. The van der Waals surface area contributed by atoms with E-state index < -0.39 is 0 Å². The van der Waals surface area contributed by atoms with Gasteiger partial charge in [-0.3, -0.25) is 0 Å². The second-order valence-corrected chi connectivity index (χ2v) is 16.4. The first-order valence-electron chi connectivity index (χ1n) is 18.4. The third-order valence-corrected chi connectivity index (χ3v) is 12.0. The van der Waals surface area contributed by atoms with E-state index in [1.807, 2.05) is 12.2 Å². The lowest BCUT2D eigenvalue weighted by atomic mass is 9.67. The Morgan fingerprint density at radius 1 is 0.511 bits per heavy atom. The van der Waals surface area contributed by atoms with E-state index in [0.29, 0.717) is 0 Å². The fourth-order valence-corrected chi connectivity index (χ4v) is 7.58. The van der Waals surface area contributed by atoms with Crippen LogP contribution in [0.4, 0.5) is 0 Å². The van der Waals surface area contributed by atoms with Gasteiger partial charge in [-0.1, -0.05) is 87.1 Å². The molecule has 3 aliphatic rings. The van der Waals surface area contributed by atoms with Crippen LogP contribution in [0.15, 0.2) is 61.7 Å². The van der Waals surface area contributed by atoms with Gasteiger partial charge in [-0.15, -0.1) is 13.2 Å². The molecule has 0 saturated carbocycles. The second-order valence-electron chi connectivity index (χ2n) is 16.4. The van der Waals surface area contributed by atoms with Gasteiger partial charge in [0.2, 0.25) is 0 Å². The Morgan fingerprint density at radius 3 is 1.19 bits per heavy atom. The fraction of sp³-hybridized carbons (Fsp3) is 0.610. The van der Waals surface area contributed by atoms with Crippen LogP contribution in [0.2, 0.25) is 0 Å². The number of fused-ring (bicyclic) bond motifs is 3.